The van der Waals surface area contributed by atoms with Gasteiger partial charge in [-0.15, -0.1) is 11.3 Å². The van der Waals surface area contributed by atoms with Crippen LogP contribution in [0.1, 0.15) is 6.42 Å². The van der Waals surface area contributed by atoms with Gasteiger partial charge in [-0.25, -0.2) is 4.98 Å². The lowest BCUT2D eigenvalue weighted by atomic mass is 10.2. The van der Waals surface area contributed by atoms with E-state index in [1.165, 1.54) is 0 Å². The van der Waals surface area contributed by atoms with E-state index in [1.54, 1.807) is 11.3 Å². The van der Waals surface area contributed by atoms with Gasteiger partial charge in [-0.3, -0.25) is 4.79 Å². The smallest absolute Gasteiger partial charge is 0.305 e. The third kappa shape index (κ3) is 3.39. The molecule has 0 saturated carbocycles. The summed E-state index contributed by atoms with van der Waals surface area (Å²) in [7, 11) is 0. The standard InChI is InChI=1S/C15H16N2O2S2/c18-14(19)8-12-9-20-7-6-17(12)15-16-13(10-21-15)11-4-2-1-3-5-11/h1-5,10,12H,6-9H2,(H,18,19). The Hall–Kier alpha value is -1.53. The first-order valence-corrected chi connectivity index (χ1v) is 8.84. The Morgan fingerprint density at radius 2 is 2.19 bits per heavy atom. The van der Waals surface area contributed by atoms with Gasteiger partial charge in [-0.1, -0.05) is 30.3 Å². The Morgan fingerprint density at radius 1 is 1.38 bits per heavy atom. The molecule has 1 unspecified atom stereocenters. The highest BCUT2D eigenvalue weighted by atomic mass is 32.2. The number of aromatic nitrogens is 1. The van der Waals surface area contributed by atoms with E-state index in [2.05, 4.69) is 4.90 Å². The van der Waals surface area contributed by atoms with Gasteiger partial charge in [0, 0.05) is 29.0 Å². The van der Waals surface area contributed by atoms with Crippen LogP contribution >= 0.6 is 23.1 Å². The van der Waals surface area contributed by atoms with Crippen LogP contribution in [0.2, 0.25) is 0 Å². The van der Waals surface area contributed by atoms with Crippen LogP contribution in [0.5, 0.6) is 0 Å². The maximum absolute atomic E-state index is 11.0. The van der Waals surface area contributed by atoms with Crippen molar-refractivity contribution in [1.29, 1.82) is 0 Å². The first-order valence-electron chi connectivity index (χ1n) is 6.81. The second-order valence-corrected chi connectivity index (χ2v) is 6.89. The Bertz CT molecular complexity index is 615. The zero-order valence-corrected chi connectivity index (χ0v) is 13.1. The van der Waals surface area contributed by atoms with E-state index < -0.39 is 5.97 Å². The summed E-state index contributed by atoms with van der Waals surface area (Å²) in [6.45, 7) is 0.865. The Labute approximate surface area is 131 Å². The normalized spacial score (nSPS) is 18.7. The number of anilines is 1. The Kier molecular flexibility index (Phi) is 4.45. The number of rotatable bonds is 4. The molecular formula is C15H16N2O2S2. The van der Waals surface area contributed by atoms with E-state index in [1.807, 2.05) is 47.5 Å². The summed E-state index contributed by atoms with van der Waals surface area (Å²) in [6, 6.07) is 10.1. The van der Waals surface area contributed by atoms with Gasteiger partial charge in [0.2, 0.25) is 0 Å². The van der Waals surface area contributed by atoms with Gasteiger partial charge in [0.15, 0.2) is 5.13 Å². The first kappa shape index (κ1) is 14.4. The fourth-order valence-electron chi connectivity index (χ4n) is 2.42. The summed E-state index contributed by atoms with van der Waals surface area (Å²) < 4.78 is 0. The molecule has 4 nitrogen and oxygen atoms in total. The number of hydrogen-bond donors (Lipinski definition) is 1. The molecule has 0 radical (unpaired) electrons. The first-order chi connectivity index (χ1) is 10.2. The third-order valence-electron chi connectivity index (χ3n) is 3.45. The molecule has 1 saturated heterocycles. The lowest BCUT2D eigenvalue weighted by molar-refractivity contribution is -0.137. The fraction of sp³-hybridized carbons (Fsp3) is 0.333. The molecule has 0 spiro atoms. The second kappa shape index (κ2) is 6.49. The van der Waals surface area contributed by atoms with Crippen molar-refractivity contribution in [3.05, 3.63) is 35.7 Å². The summed E-state index contributed by atoms with van der Waals surface area (Å²) >= 11 is 3.41. The van der Waals surface area contributed by atoms with Crippen molar-refractivity contribution >= 4 is 34.2 Å². The van der Waals surface area contributed by atoms with Gasteiger partial charge in [0.1, 0.15) is 0 Å². The Morgan fingerprint density at radius 3 is 2.95 bits per heavy atom. The van der Waals surface area contributed by atoms with Crippen molar-refractivity contribution in [1.82, 2.24) is 4.98 Å². The predicted molar refractivity (Wildman–Crippen MR) is 88.3 cm³/mol. The molecule has 1 fully saturated rings. The minimum atomic E-state index is -0.743. The number of thioether (sulfide) groups is 1. The molecule has 0 aliphatic carbocycles. The molecule has 0 bridgehead atoms. The summed E-state index contributed by atoms with van der Waals surface area (Å²) in [5, 5.41) is 12.0. The second-order valence-electron chi connectivity index (χ2n) is 4.90. The SMILES string of the molecule is O=C(O)CC1CSCCN1c1nc(-c2ccccc2)cs1. The van der Waals surface area contributed by atoms with Gasteiger partial charge >= 0.3 is 5.97 Å². The van der Waals surface area contributed by atoms with Crippen LogP contribution in [0.4, 0.5) is 5.13 Å². The quantitative estimate of drug-likeness (QED) is 0.937. The molecule has 21 heavy (non-hydrogen) atoms. The zero-order valence-electron chi connectivity index (χ0n) is 11.4. The van der Waals surface area contributed by atoms with Crippen molar-refractivity contribution in [3.63, 3.8) is 0 Å². The fourth-order valence-corrected chi connectivity index (χ4v) is 4.41. The van der Waals surface area contributed by atoms with Crippen molar-refractivity contribution in [3.8, 4) is 11.3 Å². The van der Waals surface area contributed by atoms with Gasteiger partial charge in [0.25, 0.3) is 0 Å². The van der Waals surface area contributed by atoms with E-state index in [4.69, 9.17) is 10.1 Å². The van der Waals surface area contributed by atoms with Gasteiger partial charge in [-0.05, 0) is 0 Å². The van der Waals surface area contributed by atoms with Crippen LogP contribution < -0.4 is 4.90 Å². The molecule has 110 valence electrons. The van der Waals surface area contributed by atoms with Crippen LogP contribution in [-0.2, 0) is 4.79 Å². The van der Waals surface area contributed by atoms with Crippen LogP contribution in [-0.4, -0.2) is 40.2 Å². The largest absolute Gasteiger partial charge is 0.481 e. The highest BCUT2D eigenvalue weighted by Crippen LogP contribution is 2.31. The molecular weight excluding hydrogens is 304 g/mol. The lowest BCUT2D eigenvalue weighted by Gasteiger charge is -2.34. The van der Waals surface area contributed by atoms with Crippen molar-refractivity contribution in [2.45, 2.75) is 12.5 Å². The van der Waals surface area contributed by atoms with E-state index >= 15 is 0 Å². The average molecular weight is 320 g/mol. The molecule has 1 N–H and O–H groups in total. The van der Waals surface area contributed by atoms with Gasteiger partial charge < -0.3 is 10.0 Å². The maximum Gasteiger partial charge on any atom is 0.305 e. The average Bonchev–Trinajstić information content (AvgIpc) is 2.98. The molecule has 2 heterocycles. The van der Waals surface area contributed by atoms with Gasteiger partial charge in [0.05, 0.1) is 18.2 Å². The highest BCUT2D eigenvalue weighted by molar-refractivity contribution is 7.99. The number of thiazole rings is 1. The predicted octanol–water partition coefficient (Wildman–Crippen LogP) is 3.21. The van der Waals surface area contributed by atoms with Crippen LogP contribution in [0.15, 0.2) is 35.7 Å². The minimum Gasteiger partial charge on any atom is -0.481 e. The minimum absolute atomic E-state index is 0.0380. The number of hydrogen-bond acceptors (Lipinski definition) is 5. The lowest BCUT2D eigenvalue weighted by Crippen LogP contribution is -2.43. The molecule has 2 aromatic rings. The van der Waals surface area contributed by atoms with E-state index in [-0.39, 0.29) is 12.5 Å². The van der Waals surface area contributed by atoms with Crippen LogP contribution in [0.25, 0.3) is 11.3 Å². The van der Waals surface area contributed by atoms with E-state index in [9.17, 15) is 4.79 Å². The number of aliphatic carboxylic acids is 1. The number of carboxylic acid groups (broad SMARTS) is 1. The van der Waals surface area contributed by atoms with Crippen molar-refractivity contribution in [2.75, 3.05) is 23.0 Å². The zero-order chi connectivity index (χ0) is 14.7. The summed E-state index contributed by atoms with van der Waals surface area (Å²) in [4.78, 5) is 17.9. The van der Waals surface area contributed by atoms with Crippen LogP contribution in [0.3, 0.4) is 0 Å². The molecule has 1 atom stereocenters. The van der Waals surface area contributed by atoms with Crippen molar-refractivity contribution < 1.29 is 9.90 Å². The molecule has 1 aliphatic rings. The molecule has 6 heteroatoms. The van der Waals surface area contributed by atoms with E-state index in [0.29, 0.717) is 0 Å². The van der Waals surface area contributed by atoms with E-state index in [0.717, 1.165) is 34.4 Å². The van der Waals surface area contributed by atoms with Gasteiger partial charge in [-0.2, -0.15) is 11.8 Å². The van der Waals surface area contributed by atoms with Crippen LogP contribution in [0, 0.1) is 0 Å². The summed E-state index contributed by atoms with van der Waals surface area (Å²) in [6.07, 6.45) is 0.174. The molecule has 1 aromatic heterocycles. The Balaban J connectivity index is 1.82. The number of benzene rings is 1. The number of nitrogens with zero attached hydrogens (tertiary/aromatic N) is 2. The van der Waals surface area contributed by atoms with Crippen molar-refractivity contribution in [2.24, 2.45) is 0 Å². The molecule has 0 amide bonds. The monoisotopic (exact) mass is 320 g/mol. The third-order valence-corrected chi connectivity index (χ3v) is 5.41. The molecule has 1 aromatic carbocycles. The summed E-state index contributed by atoms with van der Waals surface area (Å²) in [5.74, 6) is 1.13. The molecule has 1 aliphatic heterocycles. The number of carboxylic acids is 1. The number of carbonyl (C=O) groups is 1. The topological polar surface area (TPSA) is 53.4 Å². The maximum atomic E-state index is 11.0. The summed E-state index contributed by atoms with van der Waals surface area (Å²) in [5.41, 5.74) is 2.06. The highest BCUT2D eigenvalue weighted by Gasteiger charge is 2.27. The molecule has 3 rings (SSSR count).